The average molecular weight is 277 g/mol. The van der Waals surface area contributed by atoms with E-state index >= 15 is 0 Å². The summed E-state index contributed by atoms with van der Waals surface area (Å²) in [6, 6.07) is 13.9. The molecule has 0 saturated carbocycles. The van der Waals surface area contributed by atoms with E-state index in [9.17, 15) is 4.79 Å². The van der Waals surface area contributed by atoms with E-state index in [1.165, 1.54) is 0 Å². The summed E-state index contributed by atoms with van der Waals surface area (Å²) in [5.74, 6) is 0.970. The van der Waals surface area contributed by atoms with Gasteiger partial charge in [0.2, 0.25) is 0 Å². The molecule has 0 amide bonds. The minimum absolute atomic E-state index is 0.0529. The molecule has 0 fully saturated rings. The maximum absolute atomic E-state index is 12.6. The topological polar surface area (TPSA) is 38.1 Å². The third-order valence-corrected chi connectivity index (χ3v) is 4.08. The van der Waals surface area contributed by atoms with E-state index in [4.69, 9.17) is 0 Å². The summed E-state index contributed by atoms with van der Waals surface area (Å²) in [6.07, 6.45) is 1.75. The quantitative estimate of drug-likeness (QED) is 0.686. The van der Waals surface area contributed by atoms with Crippen LogP contribution in [0.2, 0.25) is 0 Å². The molecule has 0 aliphatic carbocycles. The van der Waals surface area contributed by atoms with Gasteiger partial charge in [-0.15, -0.1) is 0 Å². The fraction of sp³-hybridized carbons (Fsp3) is 0.176. The number of pyridine rings is 2. The molecule has 4 heteroatoms. The van der Waals surface area contributed by atoms with Gasteiger partial charge < -0.3 is 4.90 Å². The SMILES string of the molecule is CN1CCn2c1c(-c1ccccc1)c1ncccc1c2=O. The molecule has 1 aromatic carbocycles. The summed E-state index contributed by atoms with van der Waals surface area (Å²) in [7, 11) is 2.03. The molecule has 2 aromatic heterocycles. The first-order valence-corrected chi connectivity index (χ1v) is 7.05. The van der Waals surface area contributed by atoms with Crippen LogP contribution in [0.1, 0.15) is 0 Å². The second-order valence-corrected chi connectivity index (χ2v) is 5.34. The lowest BCUT2D eigenvalue weighted by Crippen LogP contribution is -2.20. The summed E-state index contributed by atoms with van der Waals surface area (Å²) >= 11 is 0. The number of likely N-dealkylation sites (N-methyl/N-ethyl adjacent to an activating group) is 1. The molecule has 1 aliphatic heterocycles. The summed E-state index contributed by atoms with van der Waals surface area (Å²) in [5.41, 5.74) is 2.98. The van der Waals surface area contributed by atoms with Crippen molar-refractivity contribution in [3.05, 3.63) is 59.0 Å². The van der Waals surface area contributed by atoms with Crippen molar-refractivity contribution in [3.8, 4) is 11.1 Å². The van der Waals surface area contributed by atoms with Crippen LogP contribution in [0, 0.1) is 0 Å². The van der Waals surface area contributed by atoms with Gasteiger partial charge in [-0.25, -0.2) is 0 Å². The zero-order chi connectivity index (χ0) is 14.4. The number of aromatic nitrogens is 2. The molecule has 4 rings (SSSR count). The molecule has 3 heterocycles. The highest BCUT2D eigenvalue weighted by Crippen LogP contribution is 2.36. The van der Waals surface area contributed by atoms with Gasteiger partial charge in [-0.2, -0.15) is 0 Å². The lowest BCUT2D eigenvalue weighted by atomic mass is 10.0. The first-order chi connectivity index (χ1) is 10.3. The van der Waals surface area contributed by atoms with Crippen LogP contribution in [-0.4, -0.2) is 23.1 Å². The molecule has 0 bridgehead atoms. The molecule has 0 radical (unpaired) electrons. The van der Waals surface area contributed by atoms with Crippen molar-refractivity contribution in [2.24, 2.45) is 0 Å². The van der Waals surface area contributed by atoms with Gasteiger partial charge in [0.1, 0.15) is 5.82 Å². The van der Waals surface area contributed by atoms with Crippen molar-refractivity contribution in [3.63, 3.8) is 0 Å². The number of hydrogen-bond acceptors (Lipinski definition) is 3. The predicted octanol–water partition coefficient (Wildman–Crippen LogP) is 2.51. The number of hydrogen-bond donors (Lipinski definition) is 0. The number of rotatable bonds is 1. The van der Waals surface area contributed by atoms with Crippen molar-refractivity contribution in [1.82, 2.24) is 9.55 Å². The van der Waals surface area contributed by atoms with E-state index in [2.05, 4.69) is 22.0 Å². The zero-order valence-electron chi connectivity index (χ0n) is 11.8. The van der Waals surface area contributed by atoms with Crippen LogP contribution in [0.4, 0.5) is 5.82 Å². The zero-order valence-corrected chi connectivity index (χ0v) is 11.8. The Balaban J connectivity index is 2.21. The molecule has 0 spiro atoms. The van der Waals surface area contributed by atoms with Crippen molar-refractivity contribution < 1.29 is 0 Å². The maximum atomic E-state index is 12.6. The van der Waals surface area contributed by atoms with Gasteiger partial charge in [0.05, 0.1) is 10.9 Å². The number of anilines is 1. The van der Waals surface area contributed by atoms with Gasteiger partial charge in [-0.1, -0.05) is 30.3 Å². The maximum Gasteiger partial charge on any atom is 0.261 e. The summed E-state index contributed by atoms with van der Waals surface area (Å²) in [5, 5.41) is 0.690. The van der Waals surface area contributed by atoms with Crippen LogP contribution in [0.15, 0.2) is 53.5 Å². The Hall–Kier alpha value is -2.62. The molecule has 4 nitrogen and oxygen atoms in total. The van der Waals surface area contributed by atoms with Gasteiger partial charge in [-0.05, 0) is 17.7 Å². The number of nitrogens with zero attached hydrogens (tertiary/aromatic N) is 3. The van der Waals surface area contributed by atoms with Crippen LogP contribution >= 0.6 is 0 Å². The second-order valence-electron chi connectivity index (χ2n) is 5.34. The van der Waals surface area contributed by atoms with Gasteiger partial charge >= 0.3 is 0 Å². The lowest BCUT2D eigenvalue weighted by Gasteiger charge is -2.18. The highest BCUT2D eigenvalue weighted by atomic mass is 16.1. The van der Waals surface area contributed by atoms with Gasteiger partial charge in [0, 0.05) is 31.9 Å². The smallest absolute Gasteiger partial charge is 0.261 e. The van der Waals surface area contributed by atoms with E-state index in [1.807, 2.05) is 41.9 Å². The monoisotopic (exact) mass is 277 g/mol. The Kier molecular flexibility index (Phi) is 2.57. The summed E-state index contributed by atoms with van der Waals surface area (Å²) in [6.45, 7) is 1.58. The largest absolute Gasteiger partial charge is 0.359 e. The van der Waals surface area contributed by atoms with E-state index in [1.54, 1.807) is 6.20 Å². The van der Waals surface area contributed by atoms with Crippen LogP contribution in [0.25, 0.3) is 22.0 Å². The minimum atomic E-state index is 0.0529. The van der Waals surface area contributed by atoms with E-state index < -0.39 is 0 Å². The first-order valence-electron chi connectivity index (χ1n) is 7.05. The normalized spacial score (nSPS) is 13.7. The third kappa shape index (κ3) is 1.69. The van der Waals surface area contributed by atoms with Crippen LogP contribution in [0.5, 0.6) is 0 Å². The van der Waals surface area contributed by atoms with Crippen LogP contribution in [-0.2, 0) is 6.54 Å². The number of benzene rings is 1. The molecule has 0 atom stereocenters. The second kappa shape index (κ2) is 4.45. The van der Waals surface area contributed by atoms with Crippen molar-refractivity contribution in [2.45, 2.75) is 6.54 Å². The highest BCUT2D eigenvalue weighted by Gasteiger charge is 2.25. The first kappa shape index (κ1) is 12.1. The van der Waals surface area contributed by atoms with Crippen molar-refractivity contribution >= 4 is 16.7 Å². The van der Waals surface area contributed by atoms with Gasteiger partial charge in [0.15, 0.2) is 0 Å². The Morgan fingerprint density at radius 2 is 1.86 bits per heavy atom. The fourth-order valence-electron chi connectivity index (χ4n) is 3.09. The van der Waals surface area contributed by atoms with Gasteiger partial charge in [0.25, 0.3) is 5.56 Å². The highest BCUT2D eigenvalue weighted by molar-refractivity contribution is 5.99. The molecule has 0 saturated heterocycles. The predicted molar refractivity (Wildman–Crippen MR) is 84.7 cm³/mol. The van der Waals surface area contributed by atoms with Crippen LogP contribution < -0.4 is 10.5 Å². The third-order valence-electron chi connectivity index (χ3n) is 4.08. The molecule has 1 aliphatic rings. The Morgan fingerprint density at radius 3 is 2.67 bits per heavy atom. The van der Waals surface area contributed by atoms with E-state index in [0.717, 1.165) is 35.6 Å². The average Bonchev–Trinajstić information content (AvgIpc) is 2.91. The molecule has 0 unspecified atom stereocenters. The molecule has 21 heavy (non-hydrogen) atoms. The fourth-order valence-corrected chi connectivity index (χ4v) is 3.09. The van der Waals surface area contributed by atoms with Crippen molar-refractivity contribution in [2.75, 3.05) is 18.5 Å². The molecule has 104 valence electrons. The molecular formula is C17H15N3O. The summed E-state index contributed by atoms with van der Waals surface area (Å²) < 4.78 is 1.87. The molecule has 3 aromatic rings. The van der Waals surface area contributed by atoms with Crippen LogP contribution in [0.3, 0.4) is 0 Å². The lowest BCUT2D eigenvalue weighted by molar-refractivity contribution is 0.770. The Labute approximate surface area is 122 Å². The molecular weight excluding hydrogens is 262 g/mol. The Morgan fingerprint density at radius 1 is 1.05 bits per heavy atom. The van der Waals surface area contributed by atoms with Gasteiger partial charge in [-0.3, -0.25) is 14.3 Å². The van der Waals surface area contributed by atoms with E-state index in [0.29, 0.717) is 5.39 Å². The summed E-state index contributed by atoms with van der Waals surface area (Å²) in [4.78, 5) is 19.3. The molecule has 0 N–H and O–H groups in total. The standard InChI is InChI=1S/C17H15N3O/c1-19-10-11-20-16(19)14(12-6-3-2-4-7-12)15-13(17(20)21)8-5-9-18-15/h2-9H,10-11H2,1H3. The van der Waals surface area contributed by atoms with E-state index in [-0.39, 0.29) is 5.56 Å². The van der Waals surface area contributed by atoms with Crippen molar-refractivity contribution in [1.29, 1.82) is 0 Å². The minimum Gasteiger partial charge on any atom is -0.359 e. The number of fused-ring (bicyclic) bond motifs is 2. The Bertz CT molecular complexity index is 884.